The number of ether oxygens (including phenoxy) is 2. The predicted octanol–water partition coefficient (Wildman–Crippen LogP) is 4.25. The lowest BCUT2D eigenvalue weighted by Crippen LogP contribution is -2.39. The maximum Gasteiger partial charge on any atom is 0.217 e. The molecule has 2 aromatic rings. The molecule has 152 valence electrons. The number of rotatable bonds is 10. The summed E-state index contributed by atoms with van der Waals surface area (Å²) < 4.78 is 38.5. The first-order valence-corrected chi connectivity index (χ1v) is 10.7. The van der Waals surface area contributed by atoms with Crippen LogP contribution in [0.25, 0.3) is 0 Å². The van der Waals surface area contributed by atoms with Crippen LogP contribution in [-0.4, -0.2) is 32.2 Å². The summed E-state index contributed by atoms with van der Waals surface area (Å²) >= 11 is 0. The van der Waals surface area contributed by atoms with E-state index >= 15 is 0 Å². The fourth-order valence-electron chi connectivity index (χ4n) is 2.80. The first-order valence-electron chi connectivity index (χ1n) is 9.19. The van der Waals surface area contributed by atoms with E-state index in [1.165, 1.54) is 4.31 Å². The quantitative estimate of drug-likeness (QED) is 0.557. The zero-order valence-electron chi connectivity index (χ0n) is 17.0. The van der Waals surface area contributed by atoms with Gasteiger partial charge in [-0.2, -0.15) is 4.31 Å². The van der Waals surface area contributed by atoms with Gasteiger partial charge in [-0.15, -0.1) is 6.58 Å². The van der Waals surface area contributed by atoms with Crippen LogP contribution in [0.15, 0.2) is 61.2 Å². The van der Waals surface area contributed by atoms with Crippen molar-refractivity contribution in [1.29, 1.82) is 0 Å². The topological polar surface area (TPSA) is 55.8 Å². The third-order valence-corrected chi connectivity index (χ3v) is 7.32. The van der Waals surface area contributed by atoms with Crippen LogP contribution in [0.1, 0.15) is 25.0 Å². The Hall–Kier alpha value is -2.31. The van der Waals surface area contributed by atoms with Crippen molar-refractivity contribution in [2.24, 2.45) is 5.92 Å². The zero-order valence-corrected chi connectivity index (χ0v) is 17.8. The van der Waals surface area contributed by atoms with E-state index in [0.29, 0.717) is 0 Å². The van der Waals surface area contributed by atoms with Crippen LogP contribution in [0.3, 0.4) is 0 Å². The molecule has 0 radical (unpaired) electrons. The number of hydrogen-bond donors (Lipinski definition) is 0. The van der Waals surface area contributed by atoms with Gasteiger partial charge >= 0.3 is 0 Å². The smallest absolute Gasteiger partial charge is 0.217 e. The number of hydrogen-bond acceptors (Lipinski definition) is 4. The van der Waals surface area contributed by atoms with Crippen LogP contribution in [-0.2, 0) is 23.1 Å². The summed E-state index contributed by atoms with van der Waals surface area (Å²) in [6.07, 6.45) is 1.68. The normalized spacial score (nSPS) is 13.8. The van der Waals surface area contributed by atoms with Crippen molar-refractivity contribution in [1.82, 2.24) is 4.31 Å². The highest BCUT2D eigenvalue weighted by atomic mass is 32.2. The maximum absolute atomic E-state index is 13.3. The van der Waals surface area contributed by atoms with Crippen LogP contribution < -0.4 is 9.47 Å². The highest BCUT2D eigenvalue weighted by molar-refractivity contribution is 7.89. The molecule has 6 heteroatoms. The molecule has 2 aromatic carbocycles. The van der Waals surface area contributed by atoms with E-state index in [4.69, 9.17) is 9.47 Å². The Morgan fingerprint density at radius 2 is 1.29 bits per heavy atom. The minimum absolute atomic E-state index is 0.153. The molecule has 0 aliphatic rings. The standard InChI is InChI=1S/C22H29NO4S/c1-6-17(2)18(3)28(24,25)23(15-19-7-11-21(26-4)12-8-19)16-20-9-13-22(27-5)14-10-20/h6-14,17-18H,1,15-16H2,2-5H3/t17-,18+/m0/s1. The van der Waals surface area contributed by atoms with Gasteiger partial charge < -0.3 is 9.47 Å². The van der Waals surface area contributed by atoms with Crippen molar-refractivity contribution in [3.63, 3.8) is 0 Å². The van der Waals surface area contributed by atoms with E-state index in [9.17, 15) is 8.42 Å². The summed E-state index contributed by atoms with van der Waals surface area (Å²) in [7, 11) is -0.331. The van der Waals surface area contributed by atoms with E-state index in [-0.39, 0.29) is 19.0 Å². The first kappa shape index (κ1) is 22.0. The average molecular weight is 404 g/mol. The lowest BCUT2D eigenvalue weighted by atomic mass is 10.1. The van der Waals surface area contributed by atoms with E-state index in [1.54, 1.807) is 27.2 Å². The summed E-state index contributed by atoms with van der Waals surface area (Å²) in [6.45, 7) is 7.92. The van der Waals surface area contributed by atoms with Gasteiger partial charge in [-0.1, -0.05) is 37.3 Å². The van der Waals surface area contributed by atoms with Crippen molar-refractivity contribution >= 4 is 10.0 Å². The van der Waals surface area contributed by atoms with Crippen LogP contribution >= 0.6 is 0 Å². The fraction of sp³-hybridized carbons (Fsp3) is 0.364. The Morgan fingerprint density at radius 1 is 0.893 bits per heavy atom. The van der Waals surface area contributed by atoms with Gasteiger partial charge in [0.2, 0.25) is 10.0 Å². The predicted molar refractivity (Wildman–Crippen MR) is 113 cm³/mol. The highest BCUT2D eigenvalue weighted by Gasteiger charge is 2.31. The molecule has 0 amide bonds. The second kappa shape index (κ2) is 9.75. The molecule has 0 N–H and O–H groups in total. The zero-order chi connectivity index (χ0) is 20.7. The third kappa shape index (κ3) is 5.36. The molecule has 0 unspecified atom stereocenters. The highest BCUT2D eigenvalue weighted by Crippen LogP contribution is 2.24. The van der Waals surface area contributed by atoms with E-state index in [2.05, 4.69) is 6.58 Å². The Bertz CT molecular complexity index is 811. The van der Waals surface area contributed by atoms with Gasteiger partial charge in [0, 0.05) is 13.1 Å². The molecule has 0 aliphatic heterocycles. The third-order valence-electron chi connectivity index (χ3n) is 4.98. The molecule has 2 atom stereocenters. The number of allylic oxidation sites excluding steroid dienone is 1. The van der Waals surface area contributed by atoms with Crippen molar-refractivity contribution in [2.75, 3.05) is 14.2 Å². The van der Waals surface area contributed by atoms with Crippen molar-refractivity contribution in [3.8, 4) is 11.5 Å². The van der Waals surface area contributed by atoms with E-state index in [0.717, 1.165) is 22.6 Å². The molecule has 0 aliphatic carbocycles. The molecular formula is C22H29NO4S. The number of benzene rings is 2. The molecule has 2 rings (SSSR count). The summed E-state index contributed by atoms with van der Waals surface area (Å²) in [5, 5.41) is -0.568. The second-order valence-electron chi connectivity index (χ2n) is 6.81. The maximum atomic E-state index is 13.3. The molecule has 0 aromatic heterocycles. The lowest BCUT2D eigenvalue weighted by Gasteiger charge is -2.28. The van der Waals surface area contributed by atoms with Crippen LogP contribution in [0, 0.1) is 5.92 Å². The summed E-state index contributed by atoms with van der Waals surface area (Å²) in [4.78, 5) is 0. The van der Waals surface area contributed by atoms with Crippen LogP contribution in [0.4, 0.5) is 0 Å². The monoisotopic (exact) mass is 403 g/mol. The van der Waals surface area contributed by atoms with Gasteiger partial charge in [0.25, 0.3) is 0 Å². The average Bonchev–Trinajstić information content (AvgIpc) is 2.73. The Balaban J connectivity index is 2.33. The van der Waals surface area contributed by atoms with Crippen LogP contribution in [0.2, 0.25) is 0 Å². The number of sulfonamides is 1. The van der Waals surface area contributed by atoms with Gasteiger partial charge in [0.05, 0.1) is 19.5 Å². The minimum atomic E-state index is -3.54. The molecule has 0 bridgehead atoms. The van der Waals surface area contributed by atoms with Gasteiger partial charge in [0.15, 0.2) is 0 Å². The molecular weight excluding hydrogens is 374 g/mol. The number of methoxy groups -OCH3 is 2. The fourth-order valence-corrected chi connectivity index (χ4v) is 4.58. The largest absolute Gasteiger partial charge is 0.497 e. The summed E-state index contributed by atoms with van der Waals surface area (Å²) in [5.74, 6) is 1.32. The Labute approximate surface area is 168 Å². The minimum Gasteiger partial charge on any atom is -0.497 e. The lowest BCUT2D eigenvalue weighted by molar-refractivity contribution is 0.387. The van der Waals surface area contributed by atoms with Gasteiger partial charge in [0.1, 0.15) is 11.5 Å². The van der Waals surface area contributed by atoms with Gasteiger partial charge in [-0.05, 0) is 48.2 Å². The molecule has 0 saturated heterocycles. The van der Waals surface area contributed by atoms with Gasteiger partial charge in [-0.25, -0.2) is 8.42 Å². The Morgan fingerprint density at radius 3 is 1.61 bits per heavy atom. The first-order chi connectivity index (χ1) is 13.3. The molecule has 0 fully saturated rings. The van der Waals surface area contributed by atoms with Crippen molar-refractivity contribution < 1.29 is 17.9 Å². The second-order valence-corrected chi connectivity index (χ2v) is 9.10. The SMILES string of the molecule is C=C[C@H](C)[C@@H](C)S(=O)(=O)N(Cc1ccc(OC)cc1)Cc1ccc(OC)cc1. The van der Waals surface area contributed by atoms with E-state index < -0.39 is 15.3 Å². The molecule has 0 heterocycles. The summed E-state index contributed by atoms with van der Waals surface area (Å²) in [5.41, 5.74) is 1.80. The van der Waals surface area contributed by atoms with Crippen LogP contribution in [0.5, 0.6) is 11.5 Å². The summed E-state index contributed by atoms with van der Waals surface area (Å²) in [6, 6.07) is 14.9. The Kier molecular flexibility index (Phi) is 7.66. The molecule has 0 spiro atoms. The molecule has 28 heavy (non-hydrogen) atoms. The van der Waals surface area contributed by atoms with Gasteiger partial charge in [-0.3, -0.25) is 0 Å². The molecule has 5 nitrogen and oxygen atoms in total. The van der Waals surface area contributed by atoms with Crippen molar-refractivity contribution in [3.05, 3.63) is 72.3 Å². The van der Waals surface area contributed by atoms with E-state index in [1.807, 2.05) is 55.5 Å². The molecule has 0 saturated carbocycles. The number of nitrogens with zero attached hydrogens (tertiary/aromatic N) is 1. The van der Waals surface area contributed by atoms with Crippen molar-refractivity contribution in [2.45, 2.75) is 32.2 Å².